The van der Waals surface area contributed by atoms with Gasteiger partial charge in [-0.2, -0.15) is 0 Å². The van der Waals surface area contributed by atoms with E-state index in [0.29, 0.717) is 0 Å². The Labute approximate surface area is 192 Å². The van der Waals surface area contributed by atoms with E-state index in [4.69, 9.17) is 11.6 Å². The summed E-state index contributed by atoms with van der Waals surface area (Å²) in [5.41, 5.74) is 3.04. The fourth-order valence-electron chi connectivity index (χ4n) is 5.93. The molecular weight excluding hydrogens is 404 g/mol. The lowest BCUT2D eigenvalue weighted by molar-refractivity contribution is -0.919. The van der Waals surface area contributed by atoms with Gasteiger partial charge in [-0.3, -0.25) is 4.79 Å². The predicted molar refractivity (Wildman–Crippen MR) is 129 cm³/mol. The zero-order valence-electron chi connectivity index (χ0n) is 19.5. The number of hydrogen-bond donors (Lipinski definition) is 1. The SMILES string of the molecule is CC1CC[NH+]([C@H](C)C(=O)N2c3ccccc3[C@](C)(c3ccc(Cl)cc3)CC2(C)C)CC1. The molecule has 0 bridgehead atoms. The summed E-state index contributed by atoms with van der Waals surface area (Å²) in [6.45, 7) is 13.4. The van der Waals surface area contributed by atoms with Gasteiger partial charge in [0.1, 0.15) is 0 Å². The molecular formula is C27H36ClN2O+. The van der Waals surface area contributed by atoms with E-state index in [0.717, 1.165) is 36.1 Å². The van der Waals surface area contributed by atoms with Crippen LogP contribution in [0, 0.1) is 5.92 Å². The molecule has 0 unspecified atom stereocenters. The number of carbonyl (C=O) groups is 1. The molecule has 2 aliphatic rings. The van der Waals surface area contributed by atoms with Crippen LogP contribution in [-0.4, -0.2) is 30.6 Å². The Hall–Kier alpha value is -1.84. The Morgan fingerprint density at radius 1 is 1.06 bits per heavy atom. The number of halogens is 1. The third-order valence-corrected chi connectivity index (χ3v) is 7.98. The number of carbonyl (C=O) groups excluding carboxylic acids is 1. The van der Waals surface area contributed by atoms with Gasteiger partial charge < -0.3 is 9.80 Å². The van der Waals surface area contributed by atoms with Gasteiger partial charge in [-0.1, -0.05) is 55.8 Å². The molecule has 3 nitrogen and oxygen atoms in total. The number of fused-ring (bicyclic) bond motifs is 1. The molecule has 0 saturated carbocycles. The van der Waals surface area contributed by atoms with Crippen molar-refractivity contribution in [2.24, 2.45) is 5.92 Å². The van der Waals surface area contributed by atoms with Crippen molar-refractivity contribution in [1.29, 1.82) is 0 Å². The number of hydrogen-bond acceptors (Lipinski definition) is 1. The van der Waals surface area contributed by atoms with Crippen molar-refractivity contribution in [2.75, 3.05) is 18.0 Å². The summed E-state index contributed by atoms with van der Waals surface area (Å²) in [7, 11) is 0. The molecule has 2 heterocycles. The number of amides is 1. The maximum absolute atomic E-state index is 13.9. The maximum atomic E-state index is 13.9. The Morgan fingerprint density at radius 2 is 1.68 bits per heavy atom. The first-order valence-electron chi connectivity index (χ1n) is 11.7. The fraction of sp³-hybridized carbons (Fsp3) is 0.519. The highest BCUT2D eigenvalue weighted by Gasteiger charge is 2.49. The van der Waals surface area contributed by atoms with Crippen LogP contribution in [0.3, 0.4) is 0 Å². The van der Waals surface area contributed by atoms with Crippen molar-refractivity contribution >= 4 is 23.2 Å². The lowest BCUT2D eigenvalue weighted by Crippen LogP contribution is -3.17. The zero-order valence-corrected chi connectivity index (χ0v) is 20.3. The molecule has 0 aliphatic carbocycles. The number of para-hydroxylation sites is 1. The van der Waals surface area contributed by atoms with E-state index in [9.17, 15) is 4.79 Å². The predicted octanol–water partition coefficient (Wildman–Crippen LogP) is 4.86. The molecule has 2 aromatic carbocycles. The Morgan fingerprint density at radius 3 is 2.32 bits per heavy atom. The molecule has 1 fully saturated rings. The second-order valence-electron chi connectivity index (χ2n) is 10.6. The molecule has 0 radical (unpaired) electrons. The maximum Gasteiger partial charge on any atom is 0.285 e. The number of piperidine rings is 1. The van der Waals surface area contributed by atoms with E-state index in [-0.39, 0.29) is 22.9 Å². The smallest absolute Gasteiger partial charge is 0.285 e. The number of anilines is 1. The van der Waals surface area contributed by atoms with Gasteiger partial charge in [0.25, 0.3) is 5.91 Å². The van der Waals surface area contributed by atoms with Crippen LogP contribution in [0.4, 0.5) is 5.69 Å². The van der Waals surface area contributed by atoms with E-state index in [1.807, 2.05) is 12.1 Å². The first-order valence-corrected chi connectivity index (χ1v) is 12.1. The van der Waals surface area contributed by atoms with Crippen molar-refractivity contribution in [3.05, 3.63) is 64.7 Å². The van der Waals surface area contributed by atoms with E-state index in [1.165, 1.54) is 28.9 Å². The molecule has 1 amide bonds. The molecule has 0 aromatic heterocycles. The zero-order chi connectivity index (χ0) is 22.4. The number of nitrogens with one attached hydrogen (secondary N) is 1. The second-order valence-corrected chi connectivity index (χ2v) is 11.0. The number of quaternary nitrogens is 1. The average Bonchev–Trinajstić information content (AvgIpc) is 2.73. The highest BCUT2D eigenvalue weighted by molar-refractivity contribution is 6.30. The van der Waals surface area contributed by atoms with Crippen LogP contribution in [-0.2, 0) is 10.2 Å². The Bertz CT molecular complexity index is 946. The van der Waals surface area contributed by atoms with Gasteiger partial charge in [0.15, 0.2) is 6.04 Å². The van der Waals surface area contributed by atoms with E-state index < -0.39 is 0 Å². The molecule has 2 aliphatic heterocycles. The Balaban J connectivity index is 1.73. The van der Waals surface area contributed by atoms with Crippen molar-refractivity contribution in [3.8, 4) is 0 Å². The first kappa shape index (κ1) is 22.4. The molecule has 2 aromatic rings. The van der Waals surface area contributed by atoms with Gasteiger partial charge in [-0.15, -0.1) is 0 Å². The van der Waals surface area contributed by atoms with Crippen LogP contribution in [0.5, 0.6) is 0 Å². The lowest BCUT2D eigenvalue weighted by atomic mass is 9.65. The summed E-state index contributed by atoms with van der Waals surface area (Å²) in [4.78, 5) is 17.5. The number of rotatable bonds is 3. The van der Waals surface area contributed by atoms with Gasteiger partial charge in [0.2, 0.25) is 0 Å². The van der Waals surface area contributed by atoms with Crippen molar-refractivity contribution < 1.29 is 9.69 Å². The lowest BCUT2D eigenvalue weighted by Gasteiger charge is -2.52. The van der Waals surface area contributed by atoms with Crippen LogP contribution < -0.4 is 9.80 Å². The minimum Gasteiger partial charge on any atom is -0.325 e. The van der Waals surface area contributed by atoms with Gasteiger partial charge in [0, 0.05) is 21.7 Å². The standard InChI is InChI=1S/C27H35ClN2O/c1-19-14-16-29(17-15-19)20(2)25(31)30-24-9-7-6-8-23(24)27(5,18-26(30,3)4)21-10-12-22(28)13-11-21/h6-13,19-20H,14-18H2,1-5H3/p+1/t20-,27+/m1/s1. The minimum absolute atomic E-state index is 0.0280. The molecule has 166 valence electrons. The normalized spacial score (nSPS) is 28.6. The summed E-state index contributed by atoms with van der Waals surface area (Å²) in [5, 5.41) is 0.750. The quantitative estimate of drug-likeness (QED) is 0.725. The van der Waals surface area contributed by atoms with Crippen molar-refractivity contribution in [1.82, 2.24) is 0 Å². The van der Waals surface area contributed by atoms with Gasteiger partial charge >= 0.3 is 0 Å². The van der Waals surface area contributed by atoms with Crippen LogP contribution >= 0.6 is 11.6 Å². The third-order valence-electron chi connectivity index (χ3n) is 7.73. The fourth-order valence-corrected chi connectivity index (χ4v) is 6.05. The average molecular weight is 440 g/mol. The number of nitrogens with zero attached hydrogens (tertiary/aromatic N) is 1. The highest BCUT2D eigenvalue weighted by atomic mass is 35.5. The van der Waals surface area contributed by atoms with Crippen molar-refractivity contribution in [3.63, 3.8) is 0 Å². The van der Waals surface area contributed by atoms with Crippen LogP contribution in [0.2, 0.25) is 5.02 Å². The van der Waals surface area contributed by atoms with Crippen LogP contribution in [0.15, 0.2) is 48.5 Å². The van der Waals surface area contributed by atoms with Gasteiger partial charge in [0.05, 0.1) is 13.1 Å². The van der Waals surface area contributed by atoms with E-state index in [2.05, 4.69) is 75.9 Å². The summed E-state index contributed by atoms with van der Waals surface area (Å²) in [6.07, 6.45) is 3.28. The van der Waals surface area contributed by atoms with Crippen LogP contribution in [0.25, 0.3) is 0 Å². The molecule has 4 rings (SSSR count). The summed E-state index contributed by atoms with van der Waals surface area (Å²) in [6, 6.07) is 16.7. The topological polar surface area (TPSA) is 24.8 Å². The highest BCUT2D eigenvalue weighted by Crippen LogP contribution is 2.50. The number of benzene rings is 2. The minimum atomic E-state index is -0.295. The Kier molecular flexibility index (Phi) is 5.95. The monoisotopic (exact) mass is 439 g/mol. The molecule has 31 heavy (non-hydrogen) atoms. The third kappa shape index (κ3) is 4.03. The summed E-state index contributed by atoms with van der Waals surface area (Å²) >= 11 is 6.18. The molecule has 2 atom stereocenters. The van der Waals surface area contributed by atoms with E-state index in [1.54, 1.807) is 0 Å². The van der Waals surface area contributed by atoms with Crippen LogP contribution in [0.1, 0.15) is 65.0 Å². The number of likely N-dealkylation sites (tertiary alicyclic amines) is 1. The molecule has 1 saturated heterocycles. The summed E-state index contributed by atoms with van der Waals surface area (Å²) in [5.74, 6) is 1.03. The van der Waals surface area contributed by atoms with Gasteiger partial charge in [-0.25, -0.2) is 0 Å². The first-order chi connectivity index (χ1) is 14.6. The van der Waals surface area contributed by atoms with Crippen molar-refractivity contribution in [2.45, 2.75) is 70.9 Å². The second kappa shape index (κ2) is 8.26. The molecule has 4 heteroatoms. The molecule has 1 N–H and O–H groups in total. The largest absolute Gasteiger partial charge is 0.325 e. The summed E-state index contributed by atoms with van der Waals surface area (Å²) < 4.78 is 0. The molecule has 0 spiro atoms. The van der Waals surface area contributed by atoms with Gasteiger partial charge in [-0.05, 0) is 75.3 Å². The van der Waals surface area contributed by atoms with E-state index >= 15 is 0 Å².